The quantitative estimate of drug-likeness (QED) is 0.0767. The van der Waals surface area contributed by atoms with Crippen LogP contribution in [0.2, 0.25) is 18.1 Å². The van der Waals surface area contributed by atoms with Crippen molar-refractivity contribution in [3.8, 4) is 11.5 Å². The minimum Gasteiger partial charge on any atom is -0.497 e. The summed E-state index contributed by atoms with van der Waals surface area (Å²) in [5.74, 6) is 0.556. The number of benzene rings is 3. The van der Waals surface area contributed by atoms with Crippen LogP contribution in [-0.2, 0) is 37.9 Å². The van der Waals surface area contributed by atoms with E-state index in [0.29, 0.717) is 11.5 Å². The number of aromatic amines is 1. The molecule has 2 heterocycles. The monoisotopic (exact) mass is 807 g/mol. The van der Waals surface area contributed by atoms with E-state index in [1.807, 2.05) is 92.0 Å². The first kappa shape index (κ1) is 42.7. The van der Waals surface area contributed by atoms with Crippen molar-refractivity contribution in [3.63, 3.8) is 0 Å². The third kappa shape index (κ3) is 9.23. The molecule has 0 amide bonds. The second kappa shape index (κ2) is 17.0. The molecule has 13 nitrogen and oxygen atoms in total. The largest absolute Gasteiger partial charge is 0.753 e. The van der Waals surface area contributed by atoms with E-state index in [0.717, 1.165) is 16.7 Å². The number of ether oxygens (including phenoxy) is 4. The van der Waals surface area contributed by atoms with Gasteiger partial charge < -0.3 is 23.4 Å². The van der Waals surface area contributed by atoms with Crippen LogP contribution in [-0.4, -0.2) is 63.0 Å². The van der Waals surface area contributed by atoms with Crippen molar-refractivity contribution in [1.29, 1.82) is 0 Å². The van der Waals surface area contributed by atoms with Crippen LogP contribution in [0, 0.1) is 5.41 Å². The third-order valence-electron chi connectivity index (χ3n) is 10.3. The summed E-state index contributed by atoms with van der Waals surface area (Å²) >= 11 is 0. The first-order chi connectivity index (χ1) is 26.3. The van der Waals surface area contributed by atoms with Crippen LogP contribution >= 0.6 is 8.25 Å². The van der Waals surface area contributed by atoms with Crippen LogP contribution in [0.25, 0.3) is 0 Å². The highest BCUT2D eigenvalue weighted by atomic mass is 31.1. The van der Waals surface area contributed by atoms with Gasteiger partial charge in [-0.05, 0) is 79.9 Å². The van der Waals surface area contributed by atoms with Gasteiger partial charge in [0.15, 0.2) is 20.6 Å². The number of carbonyl (C=O) groups is 1. The predicted octanol–water partition coefficient (Wildman–Crippen LogP) is 7.48. The number of hydrogen-bond acceptors (Lipinski definition) is 11. The fourth-order valence-electron chi connectivity index (χ4n) is 6.07. The zero-order valence-corrected chi connectivity index (χ0v) is 35.5. The van der Waals surface area contributed by atoms with E-state index in [9.17, 15) is 18.9 Å². The summed E-state index contributed by atoms with van der Waals surface area (Å²) in [6.07, 6.45) is -3.21. The topological polar surface area (TPSA) is 154 Å². The average Bonchev–Trinajstić information content (AvgIpc) is 3.46. The number of rotatable bonds is 14. The molecule has 1 unspecified atom stereocenters. The predicted molar refractivity (Wildman–Crippen MR) is 214 cm³/mol. The van der Waals surface area contributed by atoms with Crippen molar-refractivity contribution in [1.82, 2.24) is 9.55 Å². The Hall–Kier alpha value is -4.43. The Morgan fingerprint density at radius 3 is 1.82 bits per heavy atom. The molecule has 0 bridgehead atoms. The van der Waals surface area contributed by atoms with Gasteiger partial charge in [-0.2, -0.15) is 4.52 Å². The molecular weight excluding hydrogens is 756 g/mol. The number of H-pyrrole nitrogens is 1. The highest BCUT2D eigenvalue weighted by molar-refractivity contribution is 7.34. The maximum Gasteiger partial charge on any atom is 0.753 e. The Morgan fingerprint density at radius 1 is 0.804 bits per heavy atom. The molecule has 3 aromatic carbocycles. The second-order valence-corrected chi connectivity index (χ2v) is 21.8. The number of methoxy groups -OCH3 is 2. The Balaban J connectivity index is 1.68. The summed E-state index contributed by atoms with van der Waals surface area (Å²) in [6, 6.07) is 25.8. The molecule has 0 aliphatic carbocycles. The molecule has 0 radical (unpaired) electrons. The fourth-order valence-corrected chi connectivity index (χ4v) is 8.26. The molecule has 15 heteroatoms. The van der Waals surface area contributed by atoms with Crippen LogP contribution in [0.5, 0.6) is 11.5 Å². The Kier molecular flexibility index (Phi) is 12.9. The van der Waals surface area contributed by atoms with E-state index in [4.69, 9.17) is 32.4 Å². The minimum atomic E-state index is -3.07. The van der Waals surface area contributed by atoms with Gasteiger partial charge in [-0.1, -0.05) is 75.4 Å². The number of carbonyl (C=O) groups excluding carboxylic acids is 1. The summed E-state index contributed by atoms with van der Waals surface area (Å²) in [5.41, 5.74) is -1.32. The van der Waals surface area contributed by atoms with Gasteiger partial charge in [0.1, 0.15) is 29.3 Å². The van der Waals surface area contributed by atoms with Crippen molar-refractivity contribution >= 4 is 22.5 Å². The normalized spacial score (nSPS) is 19.4. The SMILES string of the molecule is COc1ccc(C(OC[C@H]2O[C@@H](n3ccc(=O)[nH]c3=O)[C@H](O[Si](C)(C)C(C)(C)C)[C@@H]2O[P+](=O)OC(=O)C(C)(C)C)(c2ccccc2)c2ccc(OC)cc2)cc1. The number of hydrogen-bond donors (Lipinski definition) is 1. The molecule has 56 heavy (non-hydrogen) atoms. The minimum absolute atomic E-state index is 0.208. The molecule has 0 spiro atoms. The van der Waals surface area contributed by atoms with Crippen molar-refractivity contribution in [3.05, 3.63) is 129 Å². The maximum absolute atomic E-state index is 13.7. The van der Waals surface area contributed by atoms with Gasteiger partial charge in [0.2, 0.25) is 0 Å². The molecule has 1 aliphatic rings. The highest BCUT2D eigenvalue weighted by Gasteiger charge is 2.57. The number of nitrogens with one attached hydrogen (secondary N) is 1. The summed E-state index contributed by atoms with van der Waals surface area (Å²) in [4.78, 5) is 40.7. The van der Waals surface area contributed by atoms with Gasteiger partial charge in [0, 0.05) is 16.8 Å². The molecule has 1 fully saturated rings. The van der Waals surface area contributed by atoms with Crippen LogP contribution in [0.15, 0.2) is 101 Å². The maximum atomic E-state index is 13.7. The number of nitrogens with zero attached hydrogens (tertiary/aromatic N) is 1. The summed E-state index contributed by atoms with van der Waals surface area (Å²) in [7, 11) is -2.60. The zero-order chi connectivity index (χ0) is 41.1. The van der Waals surface area contributed by atoms with Gasteiger partial charge in [0.05, 0.1) is 26.2 Å². The smallest absolute Gasteiger partial charge is 0.497 e. The molecular formula is C41H52N2O11PSi+. The average molecular weight is 808 g/mol. The first-order valence-electron chi connectivity index (χ1n) is 18.3. The molecule has 4 aromatic rings. The van der Waals surface area contributed by atoms with Gasteiger partial charge in [-0.25, -0.2) is 9.59 Å². The van der Waals surface area contributed by atoms with E-state index < -0.39 is 69.3 Å². The molecule has 1 N–H and O–H groups in total. The molecule has 1 aromatic heterocycles. The van der Waals surface area contributed by atoms with Crippen LogP contribution in [0.3, 0.4) is 0 Å². The highest BCUT2D eigenvalue weighted by Crippen LogP contribution is 2.47. The Morgan fingerprint density at radius 2 is 1.34 bits per heavy atom. The van der Waals surface area contributed by atoms with Crippen molar-refractivity contribution in [2.75, 3.05) is 20.8 Å². The van der Waals surface area contributed by atoms with Gasteiger partial charge in [-0.15, -0.1) is 4.52 Å². The summed E-state index contributed by atoms with van der Waals surface area (Å²) in [6.45, 7) is 14.9. The molecule has 5 atom stereocenters. The van der Waals surface area contributed by atoms with E-state index in [1.54, 1.807) is 35.0 Å². The van der Waals surface area contributed by atoms with E-state index in [2.05, 4.69) is 25.8 Å². The summed E-state index contributed by atoms with van der Waals surface area (Å²) < 4.78 is 58.1. The van der Waals surface area contributed by atoms with Gasteiger partial charge in [-0.3, -0.25) is 14.3 Å². The van der Waals surface area contributed by atoms with Gasteiger partial charge in [0.25, 0.3) is 5.56 Å². The zero-order valence-electron chi connectivity index (χ0n) is 33.6. The van der Waals surface area contributed by atoms with Crippen molar-refractivity contribution in [2.24, 2.45) is 5.41 Å². The molecule has 300 valence electrons. The lowest BCUT2D eigenvalue weighted by atomic mass is 9.80. The lowest BCUT2D eigenvalue weighted by Crippen LogP contribution is -2.50. The van der Waals surface area contributed by atoms with Crippen LogP contribution in [0.4, 0.5) is 0 Å². The van der Waals surface area contributed by atoms with Crippen LogP contribution in [0.1, 0.15) is 64.5 Å². The third-order valence-corrected chi connectivity index (χ3v) is 15.5. The Bertz CT molecular complexity index is 2040. The standard InChI is InChI=1S/C41H51N2O11PSi/c1-39(2,3)37(45)53-55(47)52-34-32(51-36(43-25-24-33(44)42-38(43)46)35(34)54-56(9,10)40(4,5)6)26-50-41(27-14-12-11-13-15-27,28-16-20-30(48-7)21-17-28)29-18-22-31(49-8)23-19-29/h11-25,32,34-36H,26H2,1-10H3/p+1/t32-,34-,35-,36-/m1/s1. The van der Waals surface area contributed by atoms with E-state index in [-0.39, 0.29) is 11.6 Å². The van der Waals surface area contributed by atoms with Crippen LogP contribution < -0.4 is 20.7 Å². The molecule has 1 saturated heterocycles. The molecule has 0 saturated carbocycles. The second-order valence-electron chi connectivity index (χ2n) is 16.2. The molecule has 5 rings (SSSR count). The van der Waals surface area contributed by atoms with E-state index in [1.165, 1.54) is 16.8 Å². The lowest BCUT2D eigenvalue weighted by Gasteiger charge is -2.40. The Labute approximate surface area is 329 Å². The first-order valence-corrected chi connectivity index (χ1v) is 22.3. The van der Waals surface area contributed by atoms with Gasteiger partial charge >= 0.3 is 19.9 Å². The van der Waals surface area contributed by atoms with Crippen molar-refractivity contribution < 1.29 is 41.8 Å². The molecule has 1 aliphatic heterocycles. The fraction of sp³-hybridized carbons (Fsp3) is 0.439. The van der Waals surface area contributed by atoms with E-state index >= 15 is 0 Å². The number of aromatic nitrogens is 2. The lowest BCUT2D eigenvalue weighted by molar-refractivity contribution is -0.143. The summed E-state index contributed by atoms with van der Waals surface area (Å²) in [5, 5.41) is -0.321. The van der Waals surface area contributed by atoms with Crippen molar-refractivity contribution in [2.45, 2.75) is 89.8 Å².